The van der Waals surface area contributed by atoms with Crippen molar-refractivity contribution in [1.29, 1.82) is 0 Å². The van der Waals surface area contributed by atoms with Crippen molar-refractivity contribution in [3.05, 3.63) is 34.4 Å². The highest BCUT2D eigenvalue weighted by atomic mass is 16.6. The molecule has 0 bridgehead atoms. The lowest BCUT2D eigenvalue weighted by molar-refractivity contribution is -0.384. The zero-order chi connectivity index (χ0) is 13.6. The van der Waals surface area contributed by atoms with Crippen LogP contribution in [0.3, 0.4) is 0 Å². The van der Waals surface area contributed by atoms with Gasteiger partial charge in [0.2, 0.25) is 0 Å². The van der Waals surface area contributed by atoms with Gasteiger partial charge < -0.3 is 15.2 Å². The van der Waals surface area contributed by atoms with Gasteiger partial charge in [0, 0.05) is 44.5 Å². The summed E-state index contributed by atoms with van der Waals surface area (Å²) < 4.78 is 4.90. The van der Waals surface area contributed by atoms with Crippen molar-refractivity contribution in [3.8, 4) is 0 Å². The molecule has 0 heterocycles. The van der Waals surface area contributed by atoms with E-state index < -0.39 is 10.5 Å². The first-order valence-electron chi connectivity index (χ1n) is 5.64. The zero-order valence-electron chi connectivity index (χ0n) is 10.5. The molecule has 0 saturated carbocycles. The molecule has 1 rings (SSSR count). The van der Waals surface area contributed by atoms with Crippen molar-refractivity contribution >= 4 is 11.4 Å². The molecule has 1 unspecified atom stereocenters. The van der Waals surface area contributed by atoms with Gasteiger partial charge in [-0.1, -0.05) is 6.07 Å². The fourth-order valence-corrected chi connectivity index (χ4v) is 1.43. The lowest BCUT2D eigenvalue weighted by Gasteiger charge is -2.23. The highest BCUT2D eigenvalue weighted by molar-refractivity contribution is 5.51. The van der Waals surface area contributed by atoms with E-state index in [-0.39, 0.29) is 5.69 Å². The number of hydrogen-bond acceptors (Lipinski definition) is 5. The number of non-ortho nitro benzene ring substituents is 1. The van der Waals surface area contributed by atoms with Crippen LogP contribution >= 0.6 is 0 Å². The zero-order valence-corrected chi connectivity index (χ0v) is 10.5. The molecule has 0 aliphatic rings. The van der Waals surface area contributed by atoms with E-state index in [1.165, 1.54) is 12.1 Å². The minimum atomic E-state index is -0.916. The molecule has 6 heteroatoms. The minimum Gasteiger partial charge on any atom is -0.388 e. The maximum atomic E-state index is 10.6. The normalized spacial score (nSPS) is 13.9. The fraction of sp³-hybridized carbons (Fsp3) is 0.500. The van der Waals surface area contributed by atoms with Crippen molar-refractivity contribution in [2.75, 3.05) is 25.6 Å². The molecule has 1 aromatic carbocycles. The first-order valence-corrected chi connectivity index (χ1v) is 5.64. The Balaban J connectivity index is 2.57. The third kappa shape index (κ3) is 4.68. The second kappa shape index (κ2) is 6.32. The van der Waals surface area contributed by atoms with Crippen LogP contribution in [0.1, 0.15) is 13.3 Å². The van der Waals surface area contributed by atoms with E-state index in [4.69, 9.17) is 4.74 Å². The molecule has 0 radical (unpaired) electrons. The average Bonchev–Trinajstić information content (AvgIpc) is 2.34. The van der Waals surface area contributed by atoms with E-state index in [1.807, 2.05) is 0 Å². The summed E-state index contributed by atoms with van der Waals surface area (Å²) in [4.78, 5) is 10.2. The number of nitro groups is 1. The van der Waals surface area contributed by atoms with E-state index in [0.29, 0.717) is 25.3 Å². The van der Waals surface area contributed by atoms with Crippen LogP contribution in [0.5, 0.6) is 0 Å². The SMILES string of the molecule is COCCC(C)(O)CNc1cccc([N+](=O)[O-])c1. The van der Waals surface area contributed by atoms with Gasteiger partial charge in [0.1, 0.15) is 0 Å². The quantitative estimate of drug-likeness (QED) is 0.572. The Morgan fingerprint density at radius 1 is 1.56 bits per heavy atom. The van der Waals surface area contributed by atoms with Gasteiger partial charge in [0.05, 0.1) is 10.5 Å². The molecular formula is C12H18N2O4. The molecule has 0 fully saturated rings. The van der Waals surface area contributed by atoms with Crippen LogP contribution in [0, 0.1) is 10.1 Å². The lowest BCUT2D eigenvalue weighted by Crippen LogP contribution is -2.34. The number of benzene rings is 1. The number of nitro benzene ring substituents is 1. The van der Waals surface area contributed by atoms with Gasteiger partial charge in [-0.3, -0.25) is 10.1 Å². The molecule has 1 atom stereocenters. The number of rotatable bonds is 7. The number of methoxy groups -OCH3 is 1. The van der Waals surface area contributed by atoms with Crippen molar-refractivity contribution in [2.24, 2.45) is 0 Å². The van der Waals surface area contributed by atoms with Gasteiger partial charge in [-0.2, -0.15) is 0 Å². The van der Waals surface area contributed by atoms with Gasteiger partial charge in [-0.25, -0.2) is 0 Å². The van der Waals surface area contributed by atoms with Crippen LogP contribution in [-0.2, 0) is 4.74 Å². The van der Waals surface area contributed by atoms with Crippen LogP contribution in [0.15, 0.2) is 24.3 Å². The van der Waals surface area contributed by atoms with Gasteiger partial charge in [0.25, 0.3) is 5.69 Å². The Bertz CT molecular complexity index is 407. The molecule has 100 valence electrons. The van der Waals surface area contributed by atoms with E-state index in [0.717, 1.165) is 0 Å². The Hall–Kier alpha value is -1.66. The third-order valence-corrected chi connectivity index (χ3v) is 2.58. The topological polar surface area (TPSA) is 84.6 Å². The van der Waals surface area contributed by atoms with Gasteiger partial charge in [-0.15, -0.1) is 0 Å². The summed E-state index contributed by atoms with van der Waals surface area (Å²) >= 11 is 0. The predicted octanol–water partition coefficient (Wildman–Crippen LogP) is 1.79. The molecule has 0 saturated heterocycles. The van der Waals surface area contributed by atoms with Crippen LogP contribution in [0.25, 0.3) is 0 Å². The summed E-state index contributed by atoms with van der Waals surface area (Å²) in [6, 6.07) is 6.18. The van der Waals surface area contributed by atoms with Crippen LogP contribution in [-0.4, -0.2) is 35.9 Å². The van der Waals surface area contributed by atoms with Gasteiger partial charge in [-0.05, 0) is 13.0 Å². The third-order valence-electron chi connectivity index (χ3n) is 2.58. The largest absolute Gasteiger partial charge is 0.388 e. The van der Waals surface area contributed by atoms with Crippen LogP contribution < -0.4 is 5.32 Å². The number of aliphatic hydroxyl groups is 1. The van der Waals surface area contributed by atoms with Crippen LogP contribution in [0.4, 0.5) is 11.4 Å². The first-order chi connectivity index (χ1) is 8.44. The fourth-order valence-electron chi connectivity index (χ4n) is 1.43. The van der Waals surface area contributed by atoms with E-state index >= 15 is 0 Å². The number of anilines is 1. The number of nitrogens with zero attached hydrogens (tertiary/aromatic N) is 1. The molecule has 18 heavy (non-hydrogen) atoms. The van der Waals surface area contributed by atoms with E-state index in [2.05, 4.69) is 5.32 Å². The smallest absolute Gasteiger partial charge is 0.271 e. The van der Waals surface area contributed by atoms with Crippen molar-refractivity contribution in [2.45, 2.75) is 18.9 Å². The minimum absolute atomic E-state index is 0.0246. The van der Waals surface area contributed by atoms with Crippen LogP contribution in [0.2, 0.25) is 0 Å². The van der Waals surface area contributed by atoms with Gasteiger partial charge >= 0.3 is 0 Å². The van der Waals surface area contributed by atoms with E-state index in [9.17, 15) is 15.2 Å². The Kier molecular flexibility index (Phi) is 5.06. The summed E-state index contributed by atoms with van der Waals surface area (Å²) in [5.74, 6) is 0. The summed E-state index contributed by atoms with van der Waals surface area (Å²) in [6.07, 6.45) is 0.491. The number of nitrogens with one attached hydrogen (secondary N) is 1. The second-order valence-corrected chi connectivity index (χ2v) is 4.40. The lowest BCUT2D eigenvalue weighted by atomic mass is 10.0. The number of hydrogen-bond donors (Lipinski definition) is 2. The highest BCUT2D eigenvalue weighted by Gasteiger charge is 2.19. The molecule has 0 aliphatic heterocycles. The summed E-state index contributed by atoms with van der Waals surface area (Å²) in [5.41, 5.74) is -0.279. The van der Waals surface area contributed by atoms with Gasteiger partial charge in [0.15, 0.2) is 0 Å². The molecule has 1 aromatic rings. The molecule has 0 amide bonds. The molecule has 6 nitrogen and oxygen atoms in total. The Labute approximate surface area is 106 Å². The molecular weight excluding hydrogens is 236 g/mol. The standard InChI is InChI=1S/C12H18N2O4/c1-12(15,6-7-18-2)9-13-10-4-3-5-11(8-10)14(16)17/h3-5,8,13,15H,6-7,9H2,1-2H3. The van der Waals surface area contributed by atoms with Crippen molar-refractivity contribution < 1.29 is 14.8 Å². The molecule has 0 spiro atoms. The Morgan fingerprint density at radius 3 is 2.89 bits per heavy atom. The summed E-state index contributed by atoms with van der Waals surface area (Å²) in [5, 5.41) is 23.6. The van der Waals surface area contributed by atoms with Crippen molar-refractivity contribution in [3.63, 3.8) is 0 Å². The first kappa shape index (κ1) is 14.4. The average molecular weight is 254 g/mol. The molecule has 0 aliphatic carbocycles. The molecule has 2 N–H and O–H groups in total. The number of ether oxygens (including phenoxy) is 1. The molecule has 0 aromatic heterocycles. The second-order valence-electron chi connectivity index (χ2n) is 4.40. The highest BCUT2D eigenvalue weighted by Crippen LogP contribution is 2.18. The summed E-state index contributed by atoms with van der Waals surface area (Å²) in [6.45, 7) is 2.46. The predicted molar refractivity (Wildman–Crippen MR) is 68.7 cm³/mol. The maximum absolute atomic E-state index is 10.6. The monoisotopic (exact) mass is 254 g/mol. The van der Waals surface area contributed by atoms with Crippen molar-refractivity contribution in [1.82, 2.24) is 0 Å². The van der Waals surface area contributed by atoms with E-state index in [1.54, 1.807) is 26.2 Å². The Morgan fingerprint density at radius 2 is 2.28 bits per heavy atom. The maximum Gasteiger partial charge on any atom is 0.271 e. The summed E-state index contributed by atoms with van der Waals surface area (Å²) in [7, 11) is 1.57.